The van der Waals surface area contributed by atoms with E-state index < -0.39 is 0 Å². The third kappa shape index (κ3) is 1.57. The molecule has 3 heteroatoms. The van der Waals surface area contributed by atoms with Crippen molar-refractivity contribution in [2.24, 2.45) is 18.7 Å². The Balaban J connectivity index is 2.19. The highest BCUT2D eigenvalue weighted by atomic mass is 15.3. The number of aryl methyl sites for hydroxylation is 1. The Morgan fingerprint density at radius 2 is 2.36 bits per heavy atom. The molecule has 0 aromatic carbocycles. The summed E-state index contributed by atoms with van der Waals surface area (Å²) < 4.78 is 2.01. The van der Waals surface area contributed by atoms with Gasteiger partial charge in [0.05, 0.1) is 5.69 Å². The highest BCUT2D eigenvalue weighted by molar-refractivity contribution is 5.28. The average Bonchev–Trinajstić information content (AvgIpc) is 2.43. The van der Waals surface area contributed by atoms with Gasteiger partial charge in [-0.15, -0.1) is 0 Å². The minimum absolute atomic E-state index is 0.766. The summed E-state index contributed by atoms with van der Waals surface area (Å²) in [5.41, 5.74) is 9.73. The van der Waals surface area contributed by atoms with Crippen molar-refractivity contribution >= 4 is 0 Å². The zero-order valence-electron chi connectivity index (χ0n) is 9.08. The van der Waals surface area contributed by atoms with Crippen LogP contribution in [0.25, 0.3) is 0 Å². The molecule has 14 heavy (non-hydrogen) atoms. The van der Waals surface area contributed by atoms with Crippen LogP contribution in [0.2, 0.25) is 0 Å². The molecule has 0 aliphatic heterocycles. The first-order chi connectivity index (χ1) is 6.72. The van der Waals surface area contributed by atoms with E-state index in [9.17, 15) is 0 Å². The Morgan fingerprint density at radius 3 is 3.07 bits per heavy atom. The van der Waals surface area contributed by atoms with Crippen molar-refractivity contribution in [3.05, 3.63) is 17.0 Å². The van der Waals surface area contributed by atoms with Crippen molar-refractivity contribution in [3.63, 3.8) is 0 Å². The normalized spacial score (nSPS) is 20.9. The van der Waals surface area contributed by atoms with E-state index in [0.717, 1.165) is 25.3 Å². The largest absolute Gasteiger partial charge is 0.330 e. The Kier molecular flexibility index (Phi) is 2.59. The molecule has 1 aliphatic carbocycles. The lowest BCUT2D eigenvalue weighted by Gasteiger charge is -2.20. The minimum Gasteiger partial charge on any atom is -0.330 e. The van der Waals surface area contributed by atoms with E-state index in [2.05, 4.69) is 12.0 Å². The predicted molar refractivity (Wildman–Crippen MR) is 57.1 cm³/mol. The van der Waals surface area contributed by atoms with E-state index in [1.807, 2.05) is 11.7 Å². The molecular formula is C11H19N3. The lowest BCUT2D eigenvalue weighted by atomic mass is 9.85. The molecule has 0 amide bonds. The van der Waals surface area contributed by atoms with E-state index in [1.165, 1.54) is 29.8 Å². The summed E-state index contributed by atoms with van der Waals surface area (Å²) >= 11 is 0. The monoisotopic (exact) mass is 193 g/mol. The van der Waals surface area contributed by atoms with Gasteiger partial charge in [-0.05, 0) is 50.6 Å². The van der Waals surface area contributed by atoms with Crippen LogP contribution in [0.1, 0.15) is 29.8 Å². The number of nitrogens with zero attached hydrogens (tertiary/aromatic N) is 2. The van der Waals surface area contributed by atoms with Gasteiger partial charge < -0.3 is 5.73 Å². The highest BCUT2D eigenvalue weighted by Crippen LogP contribution is 2.28. The fraction of sp³-hybridized carbons (Fsp3) is 0.727. The number of nitrogens with two attached hydrogens (primary N) is 1. The fourth-order valence-corrected chi connectivity index (χ4v) is 2.42. The van der Waals surface area contributed by atoms with Crippen LogP contribution in [0.4, 0.5) is 0 Å². The van der Waals surface area contributed by atoms with Crippen LogP contribution in [-0.4, -0.2) is 16.3 Å². The number of rotatable bonds is 2. The average molecular weight is 193 g/mol. The Morgan fingerprint density at radius 1 is 1.57 bits per heavy atom. The molecule has 78 valence electrons. The van der Waals surface area contributed by atoms with Gasteiger partial charge in [-0.25, -0.2) is 0 Å². The summed E-state index contributed by atoms with van der Waals surface area (Å²) in [7, 11) is 2.03. The molecule has 0 spiro atoms. The van der Waals surface area contributed by atoms with Gasteiger partial charge in [0.2, 0.25) is 0 Å². The summed E-state index contributed by atoms with van der Waals surface area (Å²) in [4.78, 5) is 0. The van der Waals surface area contributed by atoms with Gasteiger partial charge >= 0.3 is 0 Å². The molecule has 0 bridgehead atoms. The maximum absolute atomic E-state index is 5.59. The van der Waals surface area contributed by atoms with Crippen LogP contribution >= 0.6 is 0 Å². The van der Waals surface area contributed by atoms with Gasteiger partial charge in [0.15, 0.2) is 0 Å². The molecule has 1 aromatic heterocycles. The van der Waals surface area contributed by atoms with Gasteiger partial charge in [0.1, 0.15) is 0 Å². The second-order valence-electron chi connectivity index (χ2n) is 4.32. The second-order valence-corrected chi connectivity index (χ2v) is 4.32. The number of fused-ring (bicyclic) bond motifs is 1. The molecule has 0 saturated carbocycles. The SMILES string of the molecule is Cc1c2c(nn1C)CC(CCN)CC2. The van der Waals surface area contributed by atoms with Crippen LogP contribution in [-0.2, 0) is 19.9 Å². The molecule has 2 N–H and O–H groups in total. The van der Waals surface area contributed by atoms with Crippen molar-refractivity contribution in [1.29, 1.82) is 0 Å². The van der Waals surface area contributed by atoms with Crippen molar-refractivity contribution < 1.29 is 0 Å². The topological polar surface area (TPSA) is 43.8 Å². The van der Waals surface area contributed by atoms with E-state index in [0.29, 0.717) is 0 Å². The first-order valence-corrected chi connectivity index (χ1v) is 5.43. The fourth-order valence-electron chi connectivity index (χ4n) is 2.42. The number of aromatic nitrogens is 2. The lowest BCUT2D eigenvalue weighted by Crippen LogP contribution is -2.17. The first-order valence-electron chi connectivity index (χ1n) is 5.43. The van der Waals surface area contributed by atoms with Gasteiger partial charge in [0, 0.05) is 12.7 Å². The first kappa shape index (κ1) is 9.71. The van der Waals surface area contributed by atoms with Crippen molar-refractivity contribution in [3.8, 4) is 0 Å². The van der Waals surface area contributed by atoms with Gasteiger partial charge in [-0.3, -0.25) is 4.68 Å². The van der Waals surface area contributed by atoms with Gasteiger partial charge in [-0.2, -0.15) is 5.10 Å². The summed E-state index contributed by atoms with van der Waals surface area (Å²) in [6.45, 7) is 2.97. The minimum atomic E-state index is 0.766. The van der Waals surface area contributed by atoms with Crippen molar-refractivity contribution in [2.75, 3.05) is 6.54 Å². The summed E-state index contributed by atoms with van der Waals surface area (Å²) in [5, 5.41) is 4.56. The van der Waals surface area contributed by atoms with E-state index >= 15 is 0 Å². The quantitative estimate of drug-likeness (QED) is 0.766. The zero-order chi connectivity index (χ0) is 10.1. The highest BCUT2D eigenvalue weighted by Gasteiger charge is 2.22. The third-order valence-electron chi connectivity index (χ3n) is 3.40. The second kappa shape index (κ2) is 3.73. The van der Waals surface area contributed by atoms with Crippen LogP contribution in [0.5, 0.6) is 0 Å². The van der Waals surface area contributed by atoms with Gasteiger partial charge in [-0.1, -0.05) is 0 Å². The lowest BCUT2D eigenvalue weighted by molar-refractivity contribution is 0.427. The van der Waals surface area contributed by atoms with Crippen LogP contribution in [0, 0.1) is 12.8 Å². The molecule has 1 heterocycles. The molecule has 0 saturated heterocycles. The summed E-state index contributed by atoms with van der Waals surface area (Å²) in [6, 6.07) is 0. The maximum atomic E-state index is 5.59. The van der Waals surface area contributed by atoms with Crippen molar-refractivity contribution in [2.45, 2.75) is 32.6 Å². The number of hydrogen-bond acceptors (Lipinski definition) is 2. The predicted octanol–water partition coefficient (Wildman–Crippen LogP) is 1.18. The van der Waals surface area contributed by atoms with E-state index in [-0.39, 0.29) is 0 Å². The van der Waals surface area contributed by atoms with E-state index in [4.69, 9.17) is 5.73 Å². The van der Waals surface area contributed by atoms with Gasteiger partial charge in [0.25, 0.3) is 0 Å². The molecule has 1 aliphatic rings. The Labute approximate surface area is 85.3 Å². The molecule has 2 rings (SSSR count). The van der Waals surface area contributed by atoms with Crippen LogP contribution in [0.15, 0.2) is 0 Å². The molecular weight excluding hydrogens is 174 g/mol. The molecule has 1 aromatic rings. The molecule has 1 atom stereocenters. The van der Waals surface area contributed by atoms with Crippen LogP contribution < -0.4 is 5.73 Å². The molecule has 0 radical (unpaired) electrons. The third-order valence-corrected chi connectivity index (χ3v) is 3.40. The van der Waals surface area contributed by atoms with Crippen molar-refractivity contribution in [1.82, 2.24) is 9.78 Å². The standard InChI is InChI=1S/C11H19N3/c1-8-10-4-3-9(5-6-12)7-11(10)13-14(8)2/h9H,3-7,12H2,1-2H3. The Bertz CT molecular complexity index is 328. The molecule has 0 fully saturated rings. The molecule has 1 unspecified atom stereocenters. The summed E-state index contributed by atoms with van der Waals surface area (Å²) in [6.07, 6.45) is 4.76. The smallest absolute Gasteiger partial charge is 0.0662 e. The summed E-state index contributed by atoms with van der Waals surface area (Å²) in [5.74, 6) is 0.766. The van der Waals surface area contributed by atoms with E-state index in [1.54, 1.807) is 0 Å². The Hall–Kier alpha value is -0.830. The zero-order valence-corrected chi connectivity index (χ0v) is 9.08. The van der Waals surface area contributed by atoms with Crippen LogP contribution in [0.3, 0.4) is 0 Å². The maximum Gasteiger partial charge on any atom is 0.0662 e. The molecule has 3 nitrogen and oxygen atoms in total. The number of hydrogen-bond donors (Lipinski definition) is 1.